The minimum absolute atomic E-state index is 1.14. The van der Waals surface area contributed by atoms with Crippen molar-refractivity contribution in [1.29, 1.82) is 0 Å². The number of hydrogen-bond acceptors (Lipinski definition) is 0. The summed E-state index contributed by atoms with van der Waals surface area (Å²) >= 11 is 0. The Balaban J connectivity index is 2.25. The fraction of sp³-hybridized carbons (Fsp3) is 0.476. The Kier molecular flexibility index (Phi) is 8.02. The van der Waals surface area contributed by atoms with Gasteiger partial charge in [0.05, 0.1) is 0 Å². The van der Waals surface area contributed by atoms with Crippen LogP contribution < -0.4 is 0 Å². The van der Waals surface area contributed by atoms with Crippen molar-refractivity contribution < 1.29 is 0 Å². The van der Waals surface area contributed by atoms with Gasteiger partial charge in [0, 0.05) is 0 Å². The van der Waals surface area contributed by atoms with E-state index in [1.54, 1.807) is 32.7 Å². The summed E-state index contributed by atoms with van der Waals surface area (Å²) in [6.45, 7) is 33.3. The van der Waals surface area contributed by atoms with Gasteiger partial charge >= 0.3 is 0 Å². The van der Waals surface area contributed by atoms with Gasteiger partial charge in [-0.3, -0.25) is 0 Å². The molecule has 0 radical (unpaired) electrons. The molecule has 0 saturated heterocycles. The van der Waals surface area contributed by atoms with Crippen molar-refractivity contribution in [3.63, 3.8) is 0 Å². The first-order valence-corrected chi connectivity index (χ1v) is 16.6. The highest BCUT2D eigenvalue weighted by molar-refractivity contribution is 6.20. The quantitative estimate of drug-likeness (QED) is 0.182. The molecule has 42 heavy (non-hydrogen) atoms. The van der Waals surface area contributed by atoms with E-state index in [0.717, 1.165) is 12.8 Å². The van der Waals surface area contributed by atoms with Crippen LogP contribution in [-0.4, -0.2) is 0 Å². The molecule has 0 aliphatic carbocycles. The monoisotopic (exact) mass is 558 g/mol. The van der Waals surface area contributed by atoms with Crippen LogP contribution in [0.15, 0.2) is 0 Å². The van der Waals surface area contributed by atoms with E-state index in [0.29, 0.717) is 0 Å². The molecule has 0 unspecified atom stereocenters. The molecule has 5 rings (SSSR count). The fourth-order valence-corrected chi connectivity index (χ4v) is 8.72. The van der Waals surface area contributed by atoms with E-state index in [2.05, 4.69) is 96.9 Å². The molecular weight excluding hydrogens is 504 g/mol. The number of unbranched alkanes of at least 4 members (excludes halogenated alkanes) is 2. The first-order valence-electron chi connectivity index (χ1n) is 16.6. The SMILES string of the molecule is CCCCc1c2c(C)c3c(C)c(C)c(C)c(C)c3c(C)c2c(CCCC)c2c(C)c3c(C)c(C)c(C)c(C)c3c(C)c12. The largest absolute Gasteiger partial charge is 0.0654 e. The highest BCUT2D eigenvalue weighted by atomic mass is 14.3. The molecule has 0 aliphatic heterocycles. The number of benzene rings is 5. The molecule has 0 N–H and O–H groups in total. The summed E-state index contributed by atoms with van der Waals surface area (Å²) in [5, 5.41) is 12.3. The topological polar surface area (TPSA) is 0 Å². The zero-order valence-corrected chi connectivity index (χ0v) is 29.2. The van der Waals surface area contributed by atoms with E-state index in [-0.39, 0.29) is 0 Å². The second-order valence-electron chi connectivity index (χ2n) is 13.7. The third-order valence-corrected chi connectivity index (χ3v) is 11.6. The Labute approximate surface area is 255 Å². The van der Waals surface area contributed by atoms with E-state index in [1.165, 1.54) is 114 Å². The van der Waals surface area contributed by atoms with Crippen LogP contribution in [0.2, 0.25) is 0 Å². The first-order chi connectivity index (χ1) is 19.8. The zero-order chi connectivity index (χ0) is 30.9. The van der Waals surface area contributed by atoms with Gasteiger partial charge in [-0.2, -0.15) is 0 Å². The maximum atomic E-state index is 2.45. The Bertz CT molecular complexity index is 1670. The summed E-state index contributed by atoms with van der Waals surface area (Å²) in [5.74, 6) is 0. The zero-order valence-electron chi connectivity index (χ0n) is 29.2. The molecule has 0 fully saturated rings. The van der Waals surface area contributed by atoms with Crippen LogP contribution in [0.1, 0.15) is 117 Å². The van der Waals surface area contributed by atoms with Crippen LogP contribution in [0.5, 0.6) is 0 Å². The Morgan fingerprint density at radius 1 is 0.262 bits per heavy atom. The van der Waals surface area contributed by atoms with Crippen molar-refractivity contribution in [2.45, 2.75) is 135 Å². The van der Waals surface area contributed by atoms with Gasteiger partial charge in [-0.05, 0) is 230 Å². The van der Waals surface area contributed by atoms with E-state index in [9.17, 15) is 0 Å². The van der Waals surface area contributed by atoms with Crippen molar-refractivity contribution in [3.8, 4) is 0 Å². The maximum Gasteiger partial charge on any atom is -0.0104 e. The second-order valence-corrected chi connectivity index (χ2v) is 13.7. The molecular formula is C42H54. The van der Waals surface area contributed by atoms with E-state index < -0.39 is 0 Å². The van der Waals surface area contributed by atoms with Crippen LogP contribution in [0, 0.1) is 83.1 Å². The van der Waals surface area contributed by atoms with Crippen LogP contribution in [0.3, 0.4) is 0 Å². The fourth-order valence-electron chi connectivity index (χ4n) is 8.72. The van der Waals surface area contributed by atoms with Crippen LogP contribution in [0.25, 0.3) is 43.1 Å². The van der Waals surface area contributed by atoms with E-state index in [4.69, 9.17) is 0 Å². The molecule has 0 saturated carbocycles. The van der Waals surface area contributed by atoms with Gasteiger partial charge in [0.25, 0.3) is 0 Å². The van der Waals surface area contributed by atoms with Crippen LogP contribution in [0.4, 0.5) is 0 Å². The standard InChI is InChI=1S/C42H54/c1-15-17-19-33-39-29(11)35-25(7)21(3)23(5)27(9)37(35)31(13)41(39)34(20-18-16-2)42-32(14)38-28(10)24(6)22(4)26(8)36(38)30(12)40(33)42/h15-20H2,1-14H3. The van der Waals surface area contributed by atoms with Crippen molar-refractivity contribution in [2.24, 2.45) is 0 Å². The lowest BCUT2D eigenvalue weighted by atomic mass is 9.75. The van der Waals surface area contributed by atoms with Crippen molar-refractivity contribution in [1.82, 2.24) is 0 Å². The maximum absolute atomic E-state index is 2.45. The molecule has 0 nitrogen and oxygen atoms in total. The van der Waals surface area contributed by atoms with Gasteiger partial charge in [-0.25, -0.2) is 0 Å². The van der Waals surface area contributed by atoms with Gasteiger partial charge < -0.3 is 0 Å². The minimum atomic E-state index is 1.14. The minimum Gasteiger partial charge on any atom is -0.0654 e. The average molecular weight is 559 g/mol. The van der Waals surface area contributed by atoms with Gasteiger partial charge in [0.1, 0.15) is 0 Å². The van der Waals surface area contributed by atoms with Crippen molar-refractivity contribution in [3.05, 3.63) is 77.9 Å². The first kappa shape index (κ1) is 30.6. The van der Waals surface area contributed by atoms with Gasteiger partial charge in [0.15, 0.2) is 0 Å². The molecule has 0 bridgehead atoms. The molecule has 0 amide bonds. The average Bonchev–Trinajstić information content (AvgIpc) is 2.97. The van der Waals surface area contributed by atoms with Crippen LogP contribution >= 0.6 is 0 Å². The summed E-state index contributed by atoms with van der Waals surface area (Å²) in [7, 11) is 0. The summed E-state index contributed by atoms with van der Waals surface area (Å²) in [4.78, 5) is 0. The normalized spacial score (nSPS) is 12.1. The molecule has 5 aromatic carbocycles. The van der Waals surface area contributed by atoms with Gasteiger partial charge in [-0.1, -0.05) is 26.7 Å². The van der Waals surface area contributed by atoms with Crippen molar-refractivity contribution in [2.75, 3.05) is 0 Å². The summed E-state index contributed by atoms with van der Waals surface area (Å²) in [6, 6.07) is 0. The third-order valence-electron chi connectivity index (χ3n) is 11.6. The summed E-state index contributed by atoms with van der Waals surface area (Å²) in [5.41, 5.74) is 20.9. The third kappa shape index (κ3) is 4.07. The van der Waals surface area contributed by atoms with Gasteiger partial charge in [0.2, 0.25) is 0 Å². The molecule has 0 aromatic heterocycles. The predicted molar refractivity (Wildman–Crippen MR) is 191 cm³/mol. The number of hydrogen-bond donors (Lipinski definition) is 0. The molecule has 0 aliphatic rings. The van der Waals surface area contributed by atoms with Crippen molar-refractivity contribution >= 4 is 43.1 Å². The predicted octanol–water partition coefficient (Wildman–Crippen LogP) is 12.7. The molecule has 0 spiro atoms. The highest BCUT2D eigenvalue weighted by Crippen LogP contribution is 2.48. The van der Waals surface area contributed by atoms with Crippen LogP contribution in [-0.2, 0) is 12.8 Å². The van der Waals surface area contributed by atoms with Gasteiger partial charge in [-0.15, -0.1) is 0 Å². The number of fused-ring (bicyclic) bond motifs is 4. The highest BCUT2D eigenvalue weighted by Gasteiger charge is 2.26. The molecule has 5 aromatic rings. The number of rotatable bonds is 6. The second kappa shape index (κ2) is 11.0. The summed E-state index contributed by atoms with van der Waals surface area (Å²) < 4.78 is 0. The molecule has 0 heteroatoms. The lowest BCUT2D eigenvalue weighted by Crippen LogP contribution is -2.07. The Morgan fingerprint density at radius 3 is 0.667 bits per heavy atom. The van der Waals surface area contributed by atoms with E-state index >= 15 is 0 Å². The Hall–Kier alpha value is -2.86. The lowest BCUT2D eigenvalue weighted by molar-refractivity contribution is 0.797. The summed E-state index contributed by atoms with van der Waals surface area (Å²) in [6.07, 6.45) is 7.15. The molecule has 0 atom stereocenters. The number of aryl methyl sites for hydroxylation is 10. The Morgan fingerprint density at radius 2 is 0.476 bits per heavy atom. The molecule has 222 valence electrons. The van der Waals surface area contributed by atoms with E-state index in [1.807, 2.05) is 0 Å². The smallest absolute Gasteiger partial charge is 0.0104 e. The lowest BCUT2D eigenvalue weighted by Gasteiger charge is -2.28. The molecule has 0 heterocycles.